The van der Waals surface area contributed by atoms with Crippen LogP contribution in [0.1, 0.15) is 52.4 Å². The van der Waals surface area contributed by atoms with Crippen molar-refractivity contribution in [3.63, 3.8) is 0 Å². The van der Waals surface area contributed by atoms with Crippen LogP contribution < -0.4 is 0 Å². The number of aliphatic hydroxyl groups is 1. The van der Waals surface area contributed by atoms with Gasteiger partial charge < -0.3 is 14.7 Å². The second-order valence-corrected chi connectivity index (χ2v) is 8.93. The number of alkyl halides is 1. The molecule has 0 aromatic carbocycles. The van der Waals surface area contributed by atoms with Crippen LogP contribution in [0.15, 0.2) is 0 Å². The molecule has 5 heteroatoms. The van der Waals surface area contributed by atoms with E-state index in [1.165, 1.54) is 6.42 Å². The van der Waals surface area contributed by atoms with Gasteiger partial charge in [0, 0.05) is 11.4 Å². The Labute approximate surface area is 144 Å². The Bertz CT molecular complexity index is 438. The minimum absolute atomic E-state index is 0.0989. The summed E-state index contributed by atoms with van der Waals surface area (Å²) in [5.74, 6) is 1.05. The van der Waals surface area contributed by atoms with Crippen molar-refractivity contribution >= 4 is 17.6 Å². The van der Waals surface area contributed by atoms with Gasteiger partial charge in [-0.3, -0.25) is 4.79 Å². The van der Waals surface area contributed by atoms with Crippen molar-refractivity contribution in [1.29, 1.82) is 0 Å². The quantitative estimate of drug-likeness (QED) is 0.570. The molecule has 4 aliphatic rings. The van der Waals surface area contributed by atoms with Gasteiger partial charge in [0.1, 0.15) is 12.7 Å². The van der Waals surface area contributed by atoms with E-state index in [4.69, 9.17) is 16.3 Å². The summed E-state index contributed by atoms with van der Waals surface area (Å²) in [7, 11) is 0. The van der Waals surface area contributed by atoms with E-state index in [9.17, 15) is 9.90 Å². The minimum Gasteiger partial charge on any atom is -0.462 e. The van der Waals surface area contributed by atoms with Gasteiger partial charge in [-0.25, -0.2) is 0 Å². The Hall–Kier alpha value is -0.320. The van der Waals surface area contributed by atoms with E-state index < -0.39 is 6.10 Å². The third-order valence-electron chi connectivity index (χ3n) is 6.19. The Balaban J connectivity index is 1.56. The van der Waals surface area contributed by atoms with Crippen molar-refractivity contribution in [2.75, 3.05) is 26.2 Å². The molecule has 4 fully saturated rings. The lowest BCUT2D eigenvalue weighted by atomic mass is 9.49. The molecule has 23 heavy (non-hydrogen) atoms. The lowest BCUT2D eigenvalue weighted by Gasteiger charge is -2.58. The number of ether oxygens (including phenoxy) is 1. The molecule has 3 unspecified atom stereocenters. The summed E-state index contributed by atoms with van der Waals surface area (Å²) in [5, 5.41) is 10.1. The Morgan fingerprint density at radius 2 is 1.87 bits per heavy atom. The van der Waals surface area contributed by atoms with Crippen LogP contribution in [0, 0.1) is 17.3 Å². The normalized spacial score (nSPS) is 39.7. The van der Waals surface area contributed by atoms with Gasteiger partial charge in [-0.1, -0.05) is 13.8 Å². The molecule has 132 valence electrons. The van der Waals surface area contributed by atoms with E-state index in [0.717, 1.165) is 45.2 Å². The van der Waals surface area contributed by atoms with Gasteiger partial charge >= 0.3 is 5.97 Å². The minimum atomic E-state index is -0.613. The van der Waals surface area contributed by atoms with Crippen LogP contribution >= 0.6 is 11.6 Å². The molecule has 0 heterocycles. The smallest absolute Gasteiger partial charge is 0.312 e. The van der Waals surface area contributed by atoms with Crippen molar-refractivity contribution in [3.8, 4) is 0 Å². The van der Waals surface area contributed by atoms with Gasteiger partial charge in [0.05, 0.1) is 5.41 Å². The number of hydrogen-bond acceptors (Lipinski definition) is 4. The summed E-state index contributed by atoms with van der Waals surface area (Å²) in [5.41, 5.74) is -0.374. The maximum Gasteiger partial charge on any atom is 0.312 e. The van der Waals surface area contributed by atoms with Gasteiger partial charge in [0.15, 0.2) is 0 Å². The Kier molecular flexibility index (Phi) is 4.97. The van der Waals surface area contributed by atoms with Crippen LogP contribution in [0.4, 0.5) is 0 Å². The number of carbonyl (C=O) groups is 1. The zero-order valence-corrected chi connectivity index (χ0v) is 15.1. The number of esters is 1. The Morgan fingerprint density at radius 1 is 1.26 bits per heavy atom. The predicted octanol–water partition coefficient (Wildman–Crippen LogP) is 2.81. The molecule has 0 radical (unpaired) electrons. The molecule has 4 nitrogen and oxygen atoms in total. The number of likely N-dealkylation sites (N-methyl/N-ethyl adjacent to an activating group) is 1. The highest BCUT2D eigenvalue weighted by atomic mass is 35.5. The molecule has 0 aromatic heterocycles. The van der Waals surface area contributed by atoms with E-state index in [2.05, 4.69) is 18.7 Å². The average Bonchev–Trinajstić information content (AvgIpc) is 2.47. The number of nitrogens with zero attached hydrogens (tertiary/aromatic N) is 1. The van der Waals surface area contributed by atoms with Gasteiger partial charge in [0.25, 0.3) is 0 Å². The topological polar surface area (TPSA) is 49.8 Å². The van der Waals surface area contributed by atoms with Gasteiger partial charge in [0.2, 0.25) is 0 Å². The highest BCUT2D eigenvalue weighted by Crippen LogP contribution is 2.64. The summed E-state index contributed by atoms with van der Waals surface area (Å²) < 4.78 is 5.55. The number of halogens is 1. The molecule has 0 aliphatic heterocycles. The van der Waals surface area contributed by atoms with Crippen LogP contribution in [0.25, 0.3) is 0 Å². The van der Waals surface area contributed by atoms with Crippen LogP contribution in [-0.2, 0) is 9.53 Å². The second kappa shape index (κ2) is 6.53. The highest BCUT2D eigenvalue weighted by molar-refractivity contribution is 6.24. The first-order valence-corrected chi connectivity index (χ1v) is 9.52. The van der Waals surface area contributed by atoms with E-state index in [1.54, 1.807) is 0 Å². The average molecular weight is 344 g/mol. The third-order valence-corrected chi connectivity index (χ3v) is 6.64. The Morgan fingerprint density at radius 3 is 2.39 bits per heavy atom. The fourth-order valence-electron chi connectivity index (χ4n) is 5.55. The molecule has 0 amide bonds. The molecule has 4 bridgehead atoms. The fourth-order valence-corrected chi connectivity index (χ4v) is 6.24. The fraction of sp³-hybridized carbons (Fsp3) is 0.944. The molecule has 4 rings (SSSR count). The van der Waals surface area contributed by atoms with E-state index in [0.29, 0.717) is 18.4 Å². The lowest BCUT2D eigenvalue weighted by molar-refractivity contribution is -0.173. The van der Waals surface area contributed by atoms with Gasteiger partial charge in [-0.2, -0.15) is 0 Å². The third kappa shape index (κ3) is 3.54. The molecule has 4 aliphatic carbocycles. The molecule has 0 saturated heterocycles. The number of rotatable bonds is 7. The zero-order valence-electron chi connectivity index (χ0n) is 14.4. The van der Waals surface area contributed by atoms with Crippen LogP contribution in [0.5, 0.6) is 0 Å². The van der Waals surface area contributed by atoms with Crippen molar-refractivity contribution in [3.05, 3.63) is 0 Å². The summed E-state index contributed by atoms with van der Waals surface area (Å²) in [6.45, 7) is 6.57. The van der Waals surface area contributed by atoms with Crippen molar-refractivity contribution in [2.24, 2.45) is 17.3 Å². The number of aliphatic hydroxyl groups excluding tert-OH is 1. The predicted molar refractivity (Wildman–Crippen MR) is 90.5 cm³/mol. The molecular weight excluding hydrogens is 314 g/mol. The molecular formula is C18H30ClNO3. The number of carbonyl (C=O) groups excluding carboxylic acids is 1. The standard InChI is InChI=1S/C18H30ClNO3/c1-3-20(4-2)10-15(21)11-23-16(22)17-6-13-5-14(7-17)9-18(19,8-13)12-17/h13-15,21H,3-12H2,1-2H3. The summed E-state index contributed by atoms with van der Waals surface area (Å²) in [6.07, 6.45) is 5.37. The van der Waals surface area contributed by atoms with Crippen molar-refractivity contribution < 1.29 is 14.6 Å². The number of hydrogen-bond donors (Lipinski definition) is 1. The lowest BCUT2D eigenvalue weighted by Crippen LogP contribution is -2.56. The van der Waals surface area contributed by atoms with Crippen molar-refractivity contribution in [1.82, 2.24) is 4.90 Å². The molecule has 3 atom stereocenters. The molecule has 4 saturated carbocycles. The molecule has 0 aromatic rings. The first-order chi connectivity index (χ1) is 10.9. The SMILES string of the molecule is CCN(CC)CC(O)COC(=O)C12CC3CC(CC(Cl)(C3)C1)C2. The van der Waals surface area contributed by atoms with E-state index >= 15 is 0 Å². The summed E-state index contributed by atoms with van der Waals surface area (Å²) in [6, 6.07) is 0. The first kappa shape index (κ1) is 17.5. The highest BCUT2D eigenvalue weighted by Gasteiger charge is 2.60. The van der Waals surface area contributed by atoms with Gasteiger partial charge in [-0.15, -0.1) is 11.6 Å². The van der Waals surface area contributed by atoms with E-state index in [-0.39, 0.29) is 22.9 Å². The maximum absolute atomic E-state index is 12.8. The maximum atomic E-state index is 12.8. The van der Waals surface area contributed by atoms with Crippen molar-refractivity contribution in [2.45, 2.75) is 63.4 Å². The van der Waals surface area contributed by atoms with Gasteiger partial charge in [-0.05, 0) is 63.5 Å². The molecule has 1 N–H and O–H groups in total. The van der Waals surface area contributed by atoms with E-state index in [1.807, 2.05) is 0 Å². The molecule has 0 spiro atoms. The van der Waals surface area contributed by atoms with Crippen LogP contribution in [-0.4, -0.2) is 53.2 Å². The summed E-state index contributed by atoms with van der Waals surface area (Å²) >= 11 is 6.77. The second-order valence-electron chi connectivity index (χ2n) is 8.13. The van der Waals surface area contributed by atoms with Crippen LogP contribution in [0.3, 0.4) is 0 Å². The zero-order chi connectivity index (χ0) is 16.7. The first-order valence-electron chi connectivity index (χ1n) is 9.14. The largest absolute Gasteiger partial charge is 0.462 e. The monoisotopic (exact) mass is 343 g/mol. The summed E-state index contributed by atoms with van der Waals surface area (Å²) in [4.78, 5) is 14.7. The van der Waals surface area contributed by atoms with Crippen LogP contribution in [0.2, 0.25) is 0 Å².